The number of nitrogens with zero attached hydrogens (tertiary/aromatic N) is 8. The van der Waals surface area contributed by atoms with E-state index in [2.05, 4.69) is 20.1 Å². The predicted molar refractivity (Wildman–Crippen MR) is 256 cm³/mol. The van der Waals surface area contributed by atoms with E-state index in [1.165, 1.54) is 12.1 Å². The molecule has 2 saturated heterocycles. The number of phenolic OH excluding ortho intramolecular Hbond substituents is 2. The number of primary amides is 1. The van der Waals surface area contributed by atoms with Crippen molar-refractivity contribution in [2.75, 3.05) is 84.9 Å². The van der Waals surface area contributed by atoms with Gasteiger partial charge in [-0.25, -0.2) is 14.7 Å². The SMILES string of the molecule is CCOc1cc(N2CCC(C(=O)N3CCN(Cc4ccc(N(C(=N)c5cc(C(C)C)c(O)cc5O)C(N)=O)cc4)CC3)CC2)ccc1Nc1ncc2c(n1)N(C)c1ccccc1C(=O)N2C. The van der Waals surface area contributed by atoms with E-state index in [4.69, 9.17) is 20.9 Å². The molecule has 2 fully saturated rings. The highest BCUT2D eigenvalue weighted by atomic mass is 16.5. The highest BCUT2D eigenvalue weighted by molar-refractivity contribution is 6.22. The maximum Gasteiger partial charge on any atom is 0.325 e. The quantitative estimate of drug-likeness (QED) is 0.0672. The largest absolute Gasteiger partial charge is 0.508 e. The fourth-order valence-electron chi connectivity index (χ4n) is 8.98. The van der Waals surface area contributed by atoms with E-state index in [1.54, 1.807) is 30.3 Å². The molecule has 0 aliphatic carbocycles. The van der Waals surface area contributed by atoms with Crippen LogP contribution in [0.15, 0.2) is 85.1 Å². The van der Waals surface area contributed by atoms with Gasteiger partial charge in [-0.15, -0.1) is 0 Å². The monoisotopic (exact) mass is 895 g/mol. The summed E-state index contributed by atoms with van der Waals surface area (Å²) in [6.45, 7) is 11.0. The first-order valence-electron chi connectivity index (χ1n) is 22.3. The number of urea groups is 1. The Labute approximate surface area is 384 Å². The summed E-state index contributed by atoms with van der Waals surface area (Å²) in [6.07, 6.45) is 3.15. The Hall–Kier alpha value is -7.40. The van der Waals surface area contributed by atoms with Gasteiger partial charge in [0.1, 0.15) is 28.8 Å². The van der Waals surface area contributed by atoms with Crippen LogP contribution in [-0.2, 0) is 11.3 Å². The Bertz CT molecular complexity index is 2640. The number of ether oxygens (including phenoxy) is 1. The Kier molecular flexibility index (Phi) is 13.0. The van der Waals surface area contributed by atoms with Crippen LogP contribution >= 0.6 is 0 Å². The number of rotatable bonds is 11. The van der Waals surface area contributed by atoms with Crippen LogP contribution in [0.1, 0.15) is 66.6 Å². The van der Waals surface area contributed by atoms with E-state index in [0.29, 0.717) is 71.9 Å². The molecular weight excluding hydrogens is 839 g/mol. The molecule has 17 heteroatoms. The molecule has 0 saturated carbocycles. The Morgan fingerprint density at radius 2 is 1.62 bits per heavy atom. The van der Waals surface area contributed by atoms with Crippen molar-refractivity contribution >= 4 is 63.9 Å². The summed E-state index contributed by atoms with van der Waals surface area (Å²) < 4.78 is 6.11. The molecule has 0 spiro atoms. The van der Waals surface area contributed by atoms with Crippen molar-refractivity contribution in [1.29, 1.82) is 5.41 Å². The van der Waals surface area contributed by atoms with Crippen LogP contribution < -0.4 is 35.4 Å². The summed E-state index contributed by atoms with van der Waals surface area (Å²) in [5.41, 5.74) is 11.4. The molecule has 1 aromatic heterocycles. The number of fused-ring (bicyclic) bond motifs is 2. The van der Waals surface area contributed by atoms with Gasteiger partial charge in [0.15, 0.2) is 5.82 Å². The number of nitrogens with one attached hydrogen (secondary N) is 2. The molecule has 344 valence electrons. The molecule has 4 heterocycles. The van der Waals surface area contributed by atoms with Crippen molar-refractivity contribution in [1.82, 2.24) is 19.8 Å². The molecule has 0 atom stereocenters. The second-order valence-electron chi connectivity index (χ2n) is 17.2. The topological polar surface area (TPSA) is 208 Å². The number of piperidine rings is 1. The lowest BCUT2D eigenvalue weighted by atomic mass is 9.94. The van der Waals surface area contributed by atoms with Gasteiger partial charge in [0.25, 0.3) is 5.91 Å². The molecule has 4 aromatic carbocycles. The van der Waals surface area contributed by atoms with Gasteiger partial charge in [-0.3, -0.25) is 19.9 Å². The van der Waals surface area contributed by atoms with Crippen LogP contribution in [0.5, 0.6) is 17.2 Å². The first-order valence-corrected chi connectivity index (χ1v) is 22.3. The number of aromatic hydroxyl groups is 2. The van der Waals surface area contributed by atoms with E-state index in [-0.39, 0.29) is 46.5 Å². The average molecular weight is 896 g/mol. The van der Waals surface area contributed by atoms with Crippen LogP contribution in [0.25, 0.3) is 0 Å². The maximum absolute atomic E-state index is 13.8. The van der Waals surface area contributed by atoms with Crippen molar-refractivity contribution in [3.05, 3.63) is 107 Å². The number of amides is 4. The summed E-state index contributed by atoms with van der Waals surface area (Å²) >= 11 is 0. The minimum atomic E-state index is -0.875. The third-order valence-corrected chi connectivity index (χ3v) is 12.7. The number of para-hydroxylation sites is 1. The number of anilines is 7. The van der Waals surface area contributed by atoms with Crippen molar-refractivity contribution < 1.29 is 29.3 Å². The smallest absolute Gasteiger partial charge is 0.325 e. The fraction of sp³-hybridized carbons (Fsp3) is 0.347. The number of amidine groups is 1. The summed E-state index contributed by atoms with van der Waals surface area (Å²) in [7, 11) is 3.61. The van der Waals surface area contributed by atoms with Crippen molar-refractivity contribution in [3.63, 3.8) is 0 Å². The lowest BCUT2D eigenvalue weighted by molar-refractivity contribution is -0.138. The molecule has 4 amide bonds. The lowest BCUT2D eigenvalue weighted by Gasteiger charge is -2.39. The summed E-state index contributed by atoms with van der Waals surface area (Å²) in [5.74, 6) is 0.845. The molecule has 3 aliphatic heterocycles. The van der Waals surface area contributed by atoms with Gasteiger partial charge in [-0.1, -0.05) is 38.1 Å². The first kappa shape index (κ1) is 45.2. The average Bonchev–Trinajstić information content (AvgIpc) is 3.39. The molecule has 17 nitrogen and oxygen atoms in total. The number of hydrogen-bond donors (Lipinski definition) is 5. The van der Waals surface area contributed by atoms with Crippen molar-refractivity contribution in [2.45, 2.75) is 46.1 Å². The number of phenols is 2. The van der Waals surface area contributed by atoms with Crippen LogP contribution in [0.2, 0.25) is 0 Å². The third kappa shape index (κ3) is 9.11. The number of hydrogen-bond acceptors (Lipinski definition) is 13. The van der Waals surface area contributed by atoms with E-state index >= 15 is 0 Å². The summed E-state index contributed by atoms with van der Waals surface area (Å²) in [6, 6.07) is 22.5. The second kappa shape index (κ2) is 19.0. The van der Waals surface area contributed by atoms with Gasteiger partial charge in [-0.2, -0.15) is 4.98 Å². The van der Waals surface area contributed by atoms with Crippen LogP contribution in [0.4, 0.5) is 45.0 Å². The summed E-state index contributed by atoms with van der Waals surface area (Å²) in [5, 5.41) is 32.9. The van der Waals surface area contributed by atoms with Crippen LogP contribution in [0.3, 0.4) is 0 Å². The lowest BCUT2D eigenvalue weighted by Crippen LogP contribution is -2.51. The minimum Gasteiger partial charge on any atom is -0.508 e. The van der Waals surface area contributed by atoms with Crippen molar-refractivity contribution in [3.8, 4) is 17.2 Å². The van der Waals surface area contributed by atoms with E-state index in [9.17, 15) is 24.6 Å². The molecule has 8 rings (SSSR count). The molecule has 0 unspecified atom stereocenters. The molecule has 3 aliphatic rings. The van der Waals surface area contributed by atoms with Crippen molar-refractivity contribution in [2.24, 2.45) is 11.7 Å². The van der Waals surface area contributed by atoms with Gasteiger partial charge >= 0.3 is 6.03 Å². The second-order valence-corrected chi connectivity index (χ2v) is 17.2. The predicted octanol–water partition coefficient (Wildman–Crippen LogP) is 6.98. The summed E-state index contributed by atoms with van der Waals surface area (Å²) in [4.78, 5) is 60.1. The van der Waals surface area contributed by atoms with Gasteiger partial charge in [0, 0.05) is 83.6 Å². The third-order valence-electron chi connectivity index (χ3n) is 12.7. The number of benzene rings is 4. The Balaban J connectivity index is 0.842. The minimum absolute atomic E-state index is 0.0511. The maximum atomic E-state index is 13.8. The molecule has 5 aromatic rings. The van der Waals surface area contributed by atoms with E-state index in [0.717, 1.165) is 60.9 Å². The molecule has 0 radical (unpaired) electrons. The molecule has 6 N–H and O–H groups in total. The van der Waals surface area contributed by atoms with Gasteiger partial charge in [0.05, 0.1) is 41.0 Å². The zero-order valence-electron chi connectivity index (χ0n) is 38.0. The Morgan fingerprint density at radius 1 is 0.909 bits per heavy atom. The van der Waals surface area contributed by atoms with Gasteiger partial charge < -0.3 is 45.6 Å². The highest BCUT2D eigenvalue weighted by Crippen LogP contribution is 2.40. The standard InChI is InChI=1S/C49H57N11O6/c1-6-66-43-25-34(15-16-38(43)53-49-52-28-40-45(54-49)55(4)39-10-8-7-9-35(39)47(64)56(40)5)58-19-17-32(18-20-58)46(63)59-23-21-57(22-24-59)29-31-11-13-33(14-12-31)60(48(51)65)44(50)37-26-36(30(2)3)41(61)27-42(37)62/h7-16,25-28,30,32,50,61-62H,6,17-24,29H2,1-5H3,(H2,51,65)(H,52,53,54). The molecule has 0 bridgehead atoms. The zero-order valence-corrected chi connectivity index (χ0v) is 38.0. The molecule has 66 heavy (non-hydrogen) atoms. The highest BCUT2D eigenvalue weighted by Gasteiger charge is 2.32. The number of carbonyl (C=O) groups is 3. The Morgan fingerprint density at radius 3 is 2.30 bits per heavy atom. The normalized spacial score (nSPS) is 15.6. The van der Waals surface area contributed by atoms with Gasteiger partial charge in [0.2, 0.25) is 11.9 Å². The van der Waals surface area contributed by atoms with Gasteiger partial charge in [-0.05, 0) is 79.3 Å². The number of aromatic nitrogens is 2. The van der Waals surface area contributed by atoms with E-state index in [1.807, 2.05) is 92.2 Å². The number of nitrogens with two attached hydrogens (primary N) is 1. The fourth-order valence-corrected chi connectivity index (χ4v) is 8.98. The van der Waals surface area contributed by atoms with Crippen LogP contribution in [-0.4, -0.2) is 114 Å². The molecular formula is C49H57N11O6. The van der Waals surface area contributed by atoms with E-state index < -0.39 is 6.03 Å². The van der Waals surface area contributed by atoms with Crippen LogP contribution in [0, 0.1) is 11.3 Å². The zero-order chi connectivity index (χ0) is 46.8. The number of carbonyl (C=O) groups excluding carboxylic acids is 3. The first-order chi connectivity index (χ1) is 31.7. The number of piperazine rings is 1.